The predicted molar refractivity (Wildman–Crippen MR) is 153 cm³/mol. The number of hydrogen-bond acceptors (Lipinski definition) is 4. The van der Waals surface area contributed by atoms with E-state index in [1.807, 2.05) is 29.5 Å². The molecule has 3 nitrogen and oxygen atoms in total. The zero-order valence-corrected chi connectivity index (χ0v) is 20.5. The van der Waals surface area contributed by atoms with Gasteiger partial charge in [0.15, 0.2) is 0 Å². The van der Waals surface area contributed by atoms with E-state index in [0.29, 0.717) is 5.56 Å². The maximum atomic E-state index is 9.29. The highest BCUT2D eigenvalue weighted by Crippen LogP contribution is 2.43. The van der Waals surface area contributed by atoms with Crippen LogP contribution in [0.3, 0.4) is 0 Å². The van der Waals surface area contributed by atoms with Gasteiger partial charge in [-0.3, -0.25) is 4.98 Å². The number of rotatable bonds is 3. The molecule has 4 aromatic carbocycles. The molecule has 7 aromatic rings. The lowest BCUT2D eigenvalue weighted by Gasteiger charge is -2.10. The molecule has 0 saturated carbocycles. The molecule has 0 N–H and O–H groups in total. The van der Waals surface area contributed by atoms with Gasteiger partial charge in [0.1, 0.15) is 6.07 Å². The van der Waals surface area contributed by atoms with E-state index < -0.39 is 0 Å². The van der Waals surface area contributed by atoms with Crippen molar-refractivity contribution in [3.8, 4) is 39.7 Å². The van der Waals surface area contributed by atoms with Crippen LogP contribution in [-0.2, 0) is 0 Å². The fourth-order valence-electron chi connectivity index (χ4n) is 5.05. The highest BCUT2D eigenvalue weighted by Gasteiger charge is 2.15. The molecule has 3 heterocycles. The van der Waals surface area contributed by atoms with Crippen LogP contribution in [0.4, 0.5) is 0 Å². The van der Waals surface area contributed by atoms with Gasteiger partial charge in [0.05, 0.1) is 17.0 Å². The van der Waals surface area contributed by atoms with Gasteiger partial charge < -0.3 is 0 Å². The molecule has 0 spiro atoms. The molecular formula is C33H19N3S. The Morgan fingerprint density at radius 1 is 0.595 bits per heavy atom. The molecule has 0 amide bonds. The summed E-state index contributed by atoms with van der Waals surface area (Å²) >= 11 is 1.83. The number of nitrogens with zero attached hydrogens (tertiary/aromatic N) is 3. The maximum Gasteiger partial charge on any atom is 0.101 e. The summed E-state index contributed by atoms with van der Waals surface area (Å²) in [6.45, 7) is 0. The molecule has 0 unspecified atom stereocenters. The topological polar surface area (TPSA) is 49.6 Å². The first-order valence-corrected chi connectivity index (χ1v) is 12.9. The number of benzene rings is 4. The average molecular weight is 490 g/mol. The van der Waals surface area contributed by atoms with Crippen molar-refractivity contribution < 1.29 is 0 Å². The Morgan fingerprint density at radius 2 is 1.41 bits per heavy atom. The SMILES string of the molecule is N#Cc1cncc(-c2cccc(-c3cc4sc5cc(-c6ccccc6)ccc5c4c4ccccc34)n2)c1. The molecule has 0 saturated heterocycles. The van der Waals surface area contributed by atoms with Gasteiger partial charge in [-0.05, 0) is 52.2 Å². The molecule has 0 atom stereocenters. The number of fused-ring (bicyclic) bond motifs is 5. The maximum absolute atomic E-state index is 9.29. The molecule has 0 aliphatic carbocycles. The van der Waals surface area contributed by atoms with Gasteiger partial charge in [-0.15, -0.1) is 11.3 Å². The zero-order valence-electron chi connectivity index (χ0n) is 19.7. The summed E-state index contributed by atoms with van der Waals surface area (Å²) in [5.74, 6) is 0. The molecule has 0 aliphatic heterocycles. The number of thiophene rings is 1. The quantitative estimate of drug-likeness (QED) is 0.249. The van der Waals surface area contributed by atoms with Crippen molar-refractivity contribution in [1.82, 2.24) is 9.97 Å². The van der Waals surface area contributed by atoms with E-state index in [1.165, 1.54) is 42.1 Å². The average Bonchev–Trinajstić information content (AvgIpc) is 3.35. The normalized spacial score (nSPS) is 11.2. The first-order chi connectivity index (χ1) is 18.3. The molecular weight excluding hydrogens is 470 g/mol. The zero-order chi connectivity index (χ0) is 24.8. The van der Waals surface area contributed by atoms with Crippen LogP contribution in [0.5, 0.6) is 0 Å². The monoisotopic (exact) mass is 489 g/mol. The fourth-order valence-corrected chi connectivity index (χ4v) is 6.25. The molecule has 7 rings (SSSR count). The molecule has 3 aromatic heterocycles. The van der Waals surface area contributed by atoms with Gasteiger partial charge in [0.2, 0.25) is 0 Å². The molecule has 0 fully saturated rings. The number of pyridine rings is 2. The van der Waals surface area contributed by atoms with Gasteiger partial charge in [-0.1, -0.05) is 72.8 Å². The minimum Gasteiger partial charge on any atom is -0.263 e. The summed E-state index contributed by atoms with van der Waals surface area (Å²) in [4.78, 5) is 9.23. The number of hydrogen-bond donors (Lipinski definition) is 0. The third-order valence-corrected chi connectivity index (χ3v) is 7.87. The van der Waals surface area contributed by atoms with E-state index in [-0.39, 0.29) is 0 Å². The lowest BCUT2D eigenvalue weighted by molar-refractivity contribution is 1.27. The predicted octanol–water partition coefficient (Wildman–Crippen LogP) is 8.87. The van der Waals surface area contributed by atoms with Crippen LogP contribution in [-0.4, -0.2) is 9.97 Å². The van der Waals surface area contributed by atoms with Crippen LogP contribution in [0.15, 0.2) is 116 Å². The third kappa shape index (κ3) is 3.65. The lowest BCUT2D eigenvalue weighted by Crippen LogP contribution is -1.91. The summed E-state index contributed by atoms with van der Waals surface area (Å²) in [5.41, 5.74) is 6.62. The van der Waals surface area contributed by atoms with Crippen LogP contribution >= 0.6 is 11.3 Å². The summed E-state index contributed by atoms with van der Waals surface area (Å²) < 4.78 is 2.52. The summed E-state index contributed by atoms with van der Waals surface area (Å²) in [6.07, 6.45) is 3.32. The largest absolute Gasteiger partial charge is 0.263 e. The Morgan fingerprint density at radius 3 is 2.27 bits per heavy atom. The number of nitriles is 1. The molecule has 0 radical (unpaired) electrons. The van der Waals surface area contributed by atoms with Crippen LogP contribution in [0.1, 0.15) is 5.56 Å². The fraction of sp³-hybridized carbons (Fsp3) is 0. The third-order valence-electron chi connectivity index (χ3n) is 6.77. The van der Waals surface area contributed by atoms with Gasteiger partial charge in [0.25, 0.3) is 0 Å². The second kappa shape index (κ2) is 8.67. The van der Waals surface area contributed by atoms with E-state index in [9.17, 15) is 5.26 Å². The Kier molecular flexibility index (Phi) is 5.02. The van der Waals surface area contributed by atoms with Gasteiger partial charge in [-0.2, -0.15) is 5.26 Å². The van der Waals surface area contributed by atoms with Crippen LogP contribution in [0.25, 0.3) is 64.6 Å². The second-order valence-corrected chi connectivity index (χ2v) is 10.1. The second-order valence-electron chi connectivity index (χ2n) is 9.00. The van der Waals surface area contributed by atoms with Crippen molar-refractivity contribution in [3.05, 3.63) is 121 Å². The van der Waals surface area contributed by atoms with Crippen molar-refractivity contribution in [2.24, 2.45) is 0 Å². The van der Waals surface area contributed by atoms with Crippen LogP contribution < -0.4 is 0 Å². The Labute approximate surface area is 217 Å². The summed E-state index contributed by atoms with van der Waals surface area (Å²) in [5, 5.41) is 14.3. The standard InChI is InChI=1S/C33H19N3S/c34-18-21-15-24(20-35-19-21)29-11-6-12-30(36-29)28-17-32-33(26-10-5-4-9-25(26)28)27-14-13-23(16-31(27)37-32)22-7-2-1-3-8-22/h1-17,19-20H. The van der Waals surface area contributed by atoms with Crippen molar-refractivity contribution in [2.45, 2.75) is 0 Å². The van der Waals surface area contributed by atoms with E-state index in [4.69, 9.17) is 4.98 Å². The molecule has 0 bridgehead atoms. The molecule has 0 aliphatic rings. The van der Waals surface area contributed by atoms with E-state index >= 15 is 0 Å². The molecule has 4 heteroatoms. The Balaban J connectivity index is 1.44. The Bertz CT molecular complexity index is 2000. The lowest BCUT2D eigenvalue weighted by atomic mass is 9.96. The molecule has 37 heavy (non-hydrogen) atoms. The van der Waals surface area contributed by atoms with Crippen molar-refractivity contribution in [1.29, 1.82) is 5.26 Å². The van der Waals surface area contributed by atoms with Crippen LogP contribution in [0, 0.1) is 11.3 Å². The van der Waals surface area contributed by atoms with Crippen molar-refractivity contribution in [2.75, 3.05) is 0 Å². The van der Waals surface area contributed by atoms with E-state index in [0.717, 1.165) is 22.5 Å². The molecule has 172 valence electrons. The minimum absolute atomic E-state index is 0.525. The van der Waals surface area contributed by atoms with Crippen molar-refractivity contribution >= 4 is 42.3 Å². The van der Waals surface area contributed by atoms with Crippen molar-refractivity contribution in [3.63, 3.8) is 0 Å². The van der Waals surface area contributed by atoms with E-state index in [1.54, 1.807) is 12.4 Å². The first kappa shape index (κ1) is 21.4. The first-order valence-electron chi connectivity index (χ1n) is 12.0. The van der Waals surface area contributed by atoms with Crippen LogP contribution in [0.2, 0.25) is 0 Å². The summed E-state index contributed by atoms with van der Waals surface area (Å²) in [6, 6.07) is 38.2. The highest BCUT2D eigenvalue weighted by molar-refractivity contribution is 7.26. The van der Waals surface area contributed by atoms with Gasteiger partial charge >= 0.3 is 0 Å². The summed E-state index contributed by atoms with van der Waals surface area (Å²) in [7, 11) is 0. The van der Waals surface area contributed by atoms with E-state index in [2.05, 4.69) is 96.0 Å². The highest BCUT2D eigenvalue weighted by atomic mass is 32.1. The smallest absolute Gasteiger partial charge is 0.101 e. The minimum atomic E-state index is 0.525. The van der Waals surface area contributed by atoms with Gasteiger partial charge in [0, 0.05) is 43.7 Å². The van der Waals surface area contributed by atoms with Gasteiger partial charge in [-0.25, -0.2) is 4.98 Å². The number of aromatic nitrogens is 2. The Hall–Kier alpha value is -4.85.